The predicted molar refractivity (Wildman–Crippen MR) is 132 cm³/mol. The predicted octanol–water partition coefficient (Wildman–Crippen LogP) is 3.28. The highest BCUT2D eigenvalue weighted by molar-refractivity contribution is 5.98. The van der Waals surface area contributed by atoms with Gasteiger partial charge in [-0.25, -0.2) is 9.37 Å². The summed E-state index contributed by atoms with van der Waals surface area (Å²) >= 11 is 0. The average Bonchev–Trinajstić information content (AvgIpc) is 2.90. The lowest BCUT2D eigenvalue weighted by Gasteiger charge is -2.37. The molecule has 0 radical (unpaired) electrons. The number of carbonyl (C=O) groups excluding carboxylic acids is 2. The molecule has 0 aliphatic carbocycles. The largest absolute Gasteiger partial charge is 0.472 e. The zero-order chi connectivity index (χ0) is 25.8. The highest BCUT2D eigenvalue weighted by Gasteiger charge is 2.35. The van der Waals surface area contributed by atoms with Crippen molar-refractivity contribution in [3.63, 3.8) is 0 Å². The quantitative estimate of drug-likeness (QED) is 0.568. The second-order valence-corrected chi connectivity index (χ2v) is 9.08. The van der Waals surface area contributed by atoms with Gasteiger partial charge in [-0.15, -0.1) is 0 Å². The Morgan fingerprint density at radius 1 is 1.22 bits per heavy atom. The molecule has 188 valence electrons. The molecule has 1 aromatic carbocycles. The molecule has 1 aliphatic heterocycles. The first-order valence-electron chi connectivity index (χ1n) is 11.8. The van der Waals surface area contributed by atoms with Crippen molar-refractivity contribution in [2.75, 3.05) is 26.7 Å². The second kappa shape index (κ2) is 10.8. The Labute approximate surface area is 209 Å². The summed E-state index contributed by atoms with van der Waals surface area (Å²) in [5, 5.41) is 9.83. The molecule has 0 saturated heterocycles. The van der Waals surface area contributed by atoms with Crippen LogP contribution in [0, 0.1) is 11.7 Å². The normalized spacial score (nSPS) is 18.5. The van der Waals surface area contributed by atoms with E-state index in [1.165, 1.54) is 17.2 Å². The van der Waals surface area contributed by atoms with Crippen LogP contribution in [0.4, 0.5) is 4.39 Å². The van der Waals surface area contributed by atoms with Crippen molar-refractivity contribution < 1.29 is 23.8 Å². The molecule has 3 heterocycles. The van der Waals surface area contributed by atoms with Gasteiger partial charge in [-0.3, -0.25) is 14.6 Å². The van der Waals surface area contributed by atoms with Gasteiger partial charge in [0.05, 0.1) is 19.2 Å². The summed E-state index contributed by atoms with van der Waals surface area (Å²) in [5.74, 6) is -1.14. The van der Waals surface area contributed by atoms with Crippen LogP contribution in [-0.2, 0) is 0 Å². The number of benzene rings is 1. The van der Waals surface area contributed by atoms with E-state index in [4.69, 9.17) is 4.74 Å². The minimum absolute atomic E-state index is 0.102. The number of aliphatic hydroxyl groups excluding tert-OH is 1. The van der Waals surface area contributed by atoms with Crippen LogP contribution in [0.25, 0.3) is 11.1 Å². The second-order valence-electron chi connectivity index (χ2n) is 9.08. The SMILES string of the molecule is C[C@H](CO)N1C[C@H](C)[C@@H](CN(C)C(=O)c2ccccn2)Oc2ncc(-c3ccccc3F)cc2C1=O. The molecular weight excluding hydrogens is 463 g/mol. The van der Waals surface area contributed by atoms with E-state index < -0.39 is 18.0 Å². The van der Waals surface area contributed by atoms with Crippen molar-refractivity contribution in [3.05, 3.63) is 78.0 Å². The van der Waals surface area contributed by atoms with Crippen LogP contribution in [0.1, 0.15) is 34.7 Å². The van der Waals surface area contributed by atoms with Crippen LogP contribution in [0.5, 0.6) is 5.88 Å². The molecule has 3 atom stereocenters. The van der Waals surface area contributed by atoms with Gasteiger partial charge in [0.1, 0.15) is 23.2 Å². The van der Waals surface area contributed by atoms with Crippen LogP contribution in [0.3, 0.4) is 0 Å². The van der Waals surface area contributed by atoms with E-state index in [0.717, 1.165) is 0 Å². The van der Waals surface area contributed by atoms with Crippen molar-refractivity contribution in [2.45, 2.75) is 26.0 Å². The zero-order valence-electron chi connectivity index (χ0n) is 20.5. The summed E-state index contributed by atoms with van der Waals surface area (Å²) in [7, 11) is 1.67. The fraction of sp³-hybridized carbons (Fsp3) is 0.333. The number of likely N-dealkylation sites (N-methyl/N-ethyl adjacent to an activating group) is 1. The van der Waals surface area contributed by atoms with Gasteiger partial charge >= 0.3 is 0 Å². The van der Waals surface area contributed by atoms with Crippen molar-refractivity contribution in [3.8, 4) is 17.0 Å². The summed E-state index contributed by atoms with van der Waals surface area (Å²) < 4.78 is 20.7. The Morgan fingerprint density at radius 2 is 1.97 bits per heavy atom. The summed E-state index contributed by atoms with van der Waals surface area (Å²) in [6.45, 7) is 3.97. The van der Waals surface area contributed by atoms with E-state index in [2.05, 4.69) is 9.97 Å². The Balaban J connectivity index is 1.70. The third-order valence-corrected chi connectivity index (χ3v) is 6.39. The molecule has 0 bridgehead atoms. The molecule has 36 heavy (non-hydrogen) atoms. The maximum Gasteiger partial charge on any atom is 0.272 e. The molecule has 2 amide bonds. The van der Waals surface area contributed by atoms with Gasteiger partial charge in [0.2, 0.25) is 5.88 Å². The first-order valence-corrected chi connectivity index (χ1v) is 11.8. The van der Waals surface area contributed by atoms with Gasteiger partial charge < -0.3 is 19.6 Å². The summed E-state index contributed by atoms with van der Waals surface area (Å²) in [4.78, 5) is 38.1. The van der Waals surface area contributed by atoms with Crippen molar-refractivity contribution >= 4 is 11.8 Å². The molecule has 0 fully saturated rings. The fourth-order valence-electron chi connectivity index (χ4n) is 4.20. The Hall–Kier alpha value is -3.85. The number of rotatable bonds is 6. The smallest absolute Gasteiger partial charge is 0.272 e. The first kappa shape index (κ1) is 25.2. The zero-order valence-corrected chi connectivity index (χ0v) is 20.5. The highest BCUT2D eigenvalue weighted by atomic mass is 19.1. The molecule has 8 nitrogen and oxygen atoms in total. The molecule has 4 rings (SSSR count). The van der Waals surface area contributed by atoms with Gasteiger partial charge in [0.25, 0.3) is 11.8 Å². The number of aromatic nitrogens is 2. The topological polar surface area (TPSA) is 95.9 Å². The molecule has 0 saturated carbocycles. The van der Waals surface area contributed by atoms with E-state index >= 15 is 0 Å². The number of fused-ring (bicyclic) bond motifs is 1. The molecule has 1 aliphatic rings. The van der Waals surface area contributed by atoms with Crippen LogP contribution >= 0.6 is 0 Å². The number of nitrogens with zero attached hydrogens (tertiary/aromatic N) is 4. The summed E-state index contributed by atoms with van der Waals surface area (Å²) in [6, 6.07) is 12.5. The van der Waals surface area contributed by atoms with Crippen molar-refractivity contribution in [2.24, 2.45) is 5.92 Å². The highest BCUT2D eigenvalue weighted by Crippen LogP contribution is 2.31. The van der Waals surface area contributed by atoms with E-state index in [1.807, 2.05) is 6.92 Å². The first-order chi connectivity index (χ1) is 17.3. The summed E-state index contributed by atoms with van der Waals surface area (Å²) in [6.07, 6.45) is 2.52. The number of amides is 2. The number of hydrogen-bond donors (Lipinski definition) is 1. The van der Waals surface area contributed by atoms with Crippen LogP contribution in [0.15, 0.2) is 60.9 Å². The monoisotopic (exact) mass is 492 g/mol. The molecule has 1 N–H and O–H groups in total. The van der Waals surface area contributed by atoms with Gasteiger partial charge in [0, 0.05) is 43.0 Å². The molecule has 0 unspecified atom stereocenters. The van der Waals surface area contributed by atoms with Crippen molar-refractivity contribution in [1.82, 2.24) is 19.8 Å². The van der Waals surface area contributed by atoms with Gasteiger partial charge in [-0.05, 0) is 31.2 Å². The van der Waals surface area contributed by atoms with Crippen LogP contribution in [0.2, 0.25) is 0 Å². The number of halogens is 1. The molecular formula is C27H29FN4O4. The number of ether oxygens (including phenoxy) is 1. The maximum absolute atomic E-state index is 14.5. The molecule has 0 spiro atoms. The van der Waals surface area contributed by atoms with E-state index in [0.29, 0.717) is 23.4 Å². The lowest BCUT2D eigenvalue weighted by atomic mass is 9.99. The molecule has 9 heteroatoms. The standard InChI is InChI=1S/C27H29FN4O4/c1-17-14-32(18(2)16-33)26(34)21-12-19(20-8-4-5-9-22(20)28)13-30-25(21)36-24(17)15-31(3)27(35)23-10-6-7-11-29-23/h4-13,17-18,24,33H,14-16H2,1-3H3/t17-,18+,24+/m0/s1. The van der Waals surface area contributed by atoms with Crippen LogP contribution in [-0.4, -0.2) is 75.6 Å². The number of aliphatic hydroxyl groups is 1. The molecule has 2 aromatic heterocycles. The minimum atomic E-state index is -0.505. The van der Waals surface area contributed by atoms with Gasteiger partial charge in [-0.1, -0.05) is 31.2 Å². The Morgan fingerprint density at radius 3 is 2.67 bits per heavy atom. The Bertz CT molecular complexity index is 1240. The average molecular weight is 493 g/mol. The van der Waals surface area contributed by atoms with E-state index in [1.54, 1.807) is 67.5 Å². The number of pyridine rings is 2. The number of hydrogen-bond acceptors (Lipinski definition) is 6. The summed E-state index contributed by atoms with van der Waals surface area (Å²) in [5.41, 5.74) is 1.24. The van der Waals surface area contributed by atoms with Gasteiger partial charge in [-0.2, -0.15) is 0 Å². The van der Waals surface area contributed by atoms with Crippen molar-refractivity contribution in [1.29, 1.82) is 0 Å². The third-order valence-electron chi connectivity index (χ3n) is 6.39. The van der Waals surface area contributed by atoms with Crippen LogP contribution < -0.4 is 4.74 Å². The Kier molecular flexibility index (Phi) is 7.59. The fourth-order valence-corrected chi connectivity index (χ4v) is 4.20. The molecule has 3 aromatic rings. The maximum atomic E-state index is 14.5. The minimum Gasteiger partial charge on any atom is -0.472 e. The lowest BCUT2D eigenvalue weighted by Crippen LogP contribution is -2.50. The van der Waals surface area contributed by atoms with E-state index in [9.17, 15) is 19.1 Å². The third kappa shape index (κ3) is 5.21. The number of carbonyl (C=O) groups is 2. The lowest BCUT2D eigenvalue weighted by molar-refractivity contribution is 0.0312. The van der Waals surface area contributed by atoms with Gasteiger partial charge in [0.15, 0.2) is 0 Å². The van der Waals surface area contributed by atoms with E-state index in [-0.39, 0.29) is 42.3 Å².